The van der Waals surface area contributed by atoms with Crippen LogP contribution >= 0.6 is 11.6 Å². The standard InChI is InChI=1S/C40H42ClN9O5/c1-24-31(23-47(2)46-24)37-44-35-36(32(41)22-42-38(35)45-37)55-29-9-5-27(6-10-29)40(54)50-15-13-25(14-16-50)21-34(52)49-19-17-48(18-20-49)28-7-3-26(4-8-28)30-11-12-33(51)43-39(30)53/h3-10,22-23,25,30H,11-21H2,1-2H3,(H,42,44,45)(H,43,51,53)/t30-/m1/s1. The molecule has 5 aromatic rings. The van der Waals surface area contributed by atoms with E-state index in [1.54, 1.807) is 28.9 Å². The number of piperazine rings is 1. The van der Waals surface area contributed by atoms with Crippen LogP contribution < -0.4 is 15.0 Å². The number of amides is 4. The molecule has 14 nitrogen and oxygen atoms in total. The lowest BCUT2D eigenvalue weighted by atomic mass is 9.90. The van der Waals surface area contributed by atoms with Crippen molar-refractivity contribution < 1.29 is 23.9 Å². The Morgan fingerprint density at radius 3 is 2.33 bits per heavy atom. The largest absolute Gasteiger partial charge is 0.453 e. The van der Waals surface area contributed by atoms with Crippen molar-refractivity contribution in [1.82, 2.24) is 39.8 Å². The lowest BCUT2D eigenvalue weighted by Gasteiger charge is -2.37. The van der Waals surface area contributed by atoms with E-state index in [1.807, 2.05) is 54.2 Å². The van der Waals surface area contributed by atoms with Crippen molar-refractivity contribution >= 4 is 52.1 Å². The number of nitrogens with zero attached hydrogens (tertiary/aromatic N) is 7. The number of rotatable bonds is 8. The normalized spacial score (nSPS) is 18.2. The number of aromatic nitrogens is 5. The Hall–Kier alpha value is -5.76. The number of pyridine rings is 1. The van der Waals surface area contributed by atoms with Crippen LogP contribution in [0.3, 0.4) is 0 Å². The van der Waals surface area contributed by atoms with Gasteiger partial charge in [-0.25, -0.2) is 9.97 Å². The summed E-state index contributed by atoms with van der Waals surface area (Å²) >= 11 is 6.52. The lowest BCUT2D eigenvalue weighted by molar-refractivity contribution is -0.134. The molecule has 0 aliphatic carbocycles. The first-order chi connectivity index (χ1) is 26.6. The molecular weight excluding hydrogens is 722 g/mol. The predicted molar refractivity (Wildman–Crippen MR) is 206 cm³/mol. The van der Waals surface area contributed by atoms with Gasteiger partial charge in [0.2, 0.25) is 17.7 Å². The third-order valence-electron chi connectivity index (χ3n) is 10.9. The Labute approximate surface area is 322 Å². The third kappa shape index (κ3) is 7.63. The molecule has 2 N–H and O–H groups in total. The molecule has 3 aliphatic heterocycles. The van der Waals surface area contributed by atoms with E-state index in [-0.39, 0.29) is 35.5 Å². The number of anilines is 1. The monoisotopic (exact) mass is 763 g/mol. The molecule has 3 aromatic heterocycles. The summed E-state index contributed by atoms with van der Waals surface area (Å²) in [6.07, 6.45) is 6.31. The number of aromatic amines is 1. The average molecular weight is 764 g/mol. The van der Waals surface area contributed by atoms with Crippen molar-refractivity contribution in [1.29, 1.82) is 0 Å². The first-order valence-electron chi connectivity index (χ1n) is 18.7. The molecule has 3 saturated heterocycles. The Kier molecular flexibility index (Phi) is 9.99. The fourth-order valence-electron chi connectivity index (χ4n) is 7.80. The van der Waals surface area contributed by atoms with Crippen LogP contribution in [-0.2, 0) is 21.4 Å². The van der Waals surface area contributed by atoms with Crippen LogP contribution in [0.4, 0.5) is 5.69 Å². The quantitative estimate of drug-likeness (QED) is 0.202. The predicted octanol–water partition coefficient (Wildman–Crippen LogP) is 5.22. The molecule has 3 fully saturated rings. The van der Waals surface area contributed by atoms with Crippen LogP contribution in [0.5, 0.6) is 11.5 Å². The van der Waals surface area contributed by atoms with E-state index in [0.717, 1.165) is 48.4 Å². The number of hydrogen-bond acceptors (Lipinski definition) is 9. The highest BCUT2D eigenvalue weighted by Crippen LogP contribution is 2.36. The van der Waals surface area contributed by atoms with Gasteiger partial charge in [0.15, 0.2) is 11.4 Å². The molecule has 0 radical (unpaired) electrons. The lowest BCUT2D eigenvalue weighted by Crippen LogP contribution is -2.49. The molecule has 284 valence electrons. The fraction of sp³-hybridized carbons (Fsp3) is 0.375. The minimum Gasteiger partial charge on any atom is -0.453 e. The number of likely N-dealkylation sites (tertiary alicyclic amines) is 1. The summed E-state index contributed by atoms with van der Waals surface area (Å²) in [6, 6.07) is 15.0. The molecule has 2 aromatic carbocycles. The maximum Gasteiger partial charge on any atom is 0.253 e. The number of H-pyrrole nitrogens is 1. The number of nitrogens with one attached hydrogen (secondary N) is 2. The summed E-state index contributed by atoms with van der Waals surface area (Å²) in [4.78, 5) is 68.8. The summed E-state index contributed by atoms with van der Waals surface area (Å²) in [5.41, 5.74) is 5.23. The highest BCUT2D eigenvalue weighted by Gasteiger charge is 2.30. The van der Waals surface area contributed by atoms with Crippen molar-refractivity contribution in [2.45, 2.75) is 44.9 Å². The minimum absolute atomic E-state index is 0.0491. The molecule has 0 saturated carbocycles. The van der Waals surface area contributed by atoms with Crippen molar-refractivity contribution in [3.8, 4) is 22.9 Å². The van der Waals surface area contributed by atoms with E-state index < -0.39 is 0 Å². The van der Waals surface area contributed by atoms with Gasteiger partial charge in [0, 0.05) is 76.6 Å². The number of imide groups is 1. The summed E-state index contributed by atoms with van der Waals surface area (Å²) in [6.45, 7) is 5.87. The SMILES string of the molecule is Cc1nn(C)cc1-c1nc2ncc(Cl)c(Oc3ccc(C(=O)N4CCC(CC(=O)N5CCN(c6ccc([C@H]7CCC(=O)NC7=O)cc6)CC5)CC4)cc3)c2[nH]1. The van der Waals surface area contributed by atoms with Crippen molar-refractivity contribution in [3.05, 3.63) is 82.8 Å². The number of fused-ring (bicyclic) bond motifs is 1. The maximum absolute atomic E-state index is 13.4. The summed E-state index contributed by atoms with van der Waals surface area (Å²) in [7, 11) is 1.85. The van der Waals surface area contributed by atoms with E-state index >= 15 is 0 Å². The smallest absolute Gasteiger partial charge is 0.253 e. The van der Waals surface area contributed by atoms with Gasteiger partial charge in [-0.3, -0.25) is 29.2 Å². The first kappa shape index (κ1) is 36.2. The zero-order valence-corrected chi connectivity index (χ0v) is 31.5. The van der Waals surface area contributed by atoms with E-state index in [1.165, 1.54) is 6.20 Å². The van der Waals surface area contributed by atoms with E-state index in [2.05, 4.69) is 30.3 Å². The molecule has 55 heavy (non-hydrogen) atoms. The van der Waals surface area contributed by atoms with Crippen LogP contribution in [0.2, 0.25) is 5.02 Å². The van der Waals surface area contributed by atoms with E-state index in [0.29, 0.717) is 84.5 Å². The fourth-order valence-corrected chi connectivity index (χ4v) is 7.98. The van der Waals surface area contributed by atoms with Gasteiger partial charge < -0.3 is 24.4 Å². The average Bonchev–Trinajstić information content (AvgIpc) is 3.78. The molecule has 0 spiro atoms. The topological polar surface area (TPSA) is 159 Å². The highest BCUT2D eigenvalue weighted by molar-refractivity contribution is 6.32. The van der Waals surface area contributed by atoms with Crippen LogP contribution in [0.25, 0.3) is 22.6 Å². The van der Waals surface area contributed by atoms with Gasteiger partial charge in [-0.15, -0.1) is 0 Å². The Morgan fingerprint density at radius 2 is 1.65 bits per heavy atom. The molecule has 3 aliphatic rings. The number of imidazole rings is 1. The second kappa shape index (κ2) is 15.2. The maximum atomic E-state index is 13.4. The molecule has 6 heterocycles. The van der Waals surface area contributed by atoms with Crippen LogP contribution in [0, 0.1) is 12.8 Å². The van der Waals surface area contributed by atoms with Gasteiger partial charge in [-0.05, 0) is 74.1 Å². The third-order valence-corrected chi connectivity index (χ3v) is 11.2. The molecule has 0 bridgehead atoms. The zero-order valence-electron chi connectivity index (χ0n) is 30.8. The van der Waals surface area contributed by atoms with Gasteiger partial charge in [0.05, 0.1) is 23.4 Å². The molecular formula is C40H42ClN9O5. The number of carbonyl (C=O) groups is 4. The second-order valence-electron chi connectivity index (χ2n) is 14.6. The Balaban J connectivity index is 0.805. The van der Waals surface area contributed by atoms with Gasteiger partial charge in [0.25, 0.3) is 5.91 Å². The number of aryl methyl sites for hydroxylation is 2. The number of halogens is 1. The highest BCUT2D eigenvalue weighted by atomic mass is 35.5. The molecule has 8 rings (SSSR count). The van der Waals surface area contributed by atoms with Crippen LogP contribution in [0.15, 0.2) is 60.9 Å². The molecule has 15 heteroatoms. The first-order valence-corrected chi connectivity index (χ1v) is 19.1. The Bertz CT molecular complexity index is 2250. The van der Waals surface area contributed by atoms with Gasteiger partial charge in [-0.1, -0.05) is 23.7 Å². The van der Waals surface area contributed by atoms with Gasteiger partial charge >= 0.3 is 0 Å². The van der Waals surface area contributed by atoms with Crippen molar-refractivity contribution in [3.63, 3.8) is 0 Å². The van der Waals surface area contributed by atoms with Crippen LogP contribution in [-0.4, -0.2) is 97.4 Å². The summed E-state index contributed by atoms with van der Waals surface area (Å²) < 4.78 is 7.93. The van der Waals surface area contributed by atoms with E-state index in [4.69, 9.17) is 16.3 Å². The minimum atomic E-state index is -0.301. The van der Waals surface area contributed by atoms with Gasteiger partial charge in [-0.2, -0.15) is 5.10 Å². The Morgan fingerprint density at radius 1 is 0.927 bits per heavy atom. The number of hydrogen-bond donors (Lipinski definition) is 2. The molecule has 1 atom stereocenters. The number of ether oxygens (including phenoxy) is 1. The van der Waals surface area contributed by atoms with Crippen molar-refractivity contribution in [2.75, 3.05) is 44.2 Å². The molecule has 4 amide bonds. The van der Waals surface area contributed by atoms with Gasteiger partial charge in [0.1, 0.15) is 22.1 Å². The van der Waals surface area contributed by atoms with Crippen molar-refractivity contribution in [2.24, 2.45) is 13.0 Å². The van der Waals surface area contributed by atoms with E-state index in [9.17, 15) is 19.2 Å². The molecule has 0 unspecified atom stereocenters. The summed E-state index contributed by atoms with van der Waals surface area (Å²) in [5.74, 6) is 1.12. The summed E-state index contributed by atoms with van der Waals surface area (Å²) in [5, 5.41) is 7.15. The number of benzene rings is 2. The second-order valence-corrected chi connectivity index (χ2v) is 15.0. The van der Waals surface area contributed by atoms with Crippen LogP contribution in [0.1, 0.15) is 59.6 Å². The number of carbonyl (C=O) groups excluding carboxylic acids is 4. The zero-order chi connectivity index (χ0) is 38.2. The number of piperidine rings is 2.